The monoisotopic (exact) mass is 269 g/mol. The van der Waals surface area contributed by atoms with Crippen LogP contribution in [-0.2, 0) is 0 Å². The van der Waals surface area contributed by atoms with E-state index < -0.39 is 0 Å². The highest BCUT2D eigenvalue weighted by atomic mass is 14.6. The first-order chi connectivity index (χ1) is 9.83. The summed E-state index contributed by atoms with van der Waals surface area (Å²) in [5.74, 6) is 5.78. The second-order valence-corrected chi connectivity index (χ2v) is 7.67. The van der Waals surface area contributed by atoms with Gasteiger partial charge in [0.2, 0.25) is 0 Å². The molecule has 0 spiro atoms. The van der Waals surface area contributed by atoms with Crippen LogP contribution in [0.1, 0.15) is 50.0 Å². The molecule has 0 aromatic heterocycles. The van der Waals surface area contributed by atoms with Crippen molar-refractivity contribution in [3.05, 3.63) is 35.9 Å². The lowest BCUT2D eigenvalue weighted by molar-refractivity contribution is -0.0419. The summed E-state index contributed by atoms with van der Waals surface area (Å²) in [7, 11) is 0. The van der Waals surface area contributed by atoms with E-state index in [1.807, 2.05) is 0 Å². The highest BCUT2D eigenvalue weighted by Gasteiger charge is 2.48. The number of nitrogens with two attached hydrogens (primary N) is 1. The first kappa shape index (κ1) is 12.9. The van der Waals surface area contributed by atoms with Crippen molar-refractivity contribution in [3.63, 3.8) is 0 Å². The summed E-state index contributed by atoms with van der Waals surface area (Å²) >= 11 is 0. The van der Waals surface area contributed by atoms with E-state index in [1.165, 1.54) is 37.7 Å². The molecular weight excluding hydrogens is 242 g/mol. The molecule has 1 heteroatoms. The van der Waals surface area contributed by atoms with Gasteiger partial charge in [-0.05, 0) is 86.1 Å². The maximum Gasteiger partial charge on any atom is -0.000813 e. The normalized spacial score (nSPS) is 40.0. The van der Waals surface area contributed by atoms with Gasteiger partial charge in [-0.15, -0.1) is 0 Å². The van der Waals surface area contributed by atoms with Crippen LogP contribution in [0.4, 0.5) is 0 Å². The first-order valence-electron chi connectivity index (χ1n) is 8.58. The van der Waals surface area contributed by atoms with Crippen molar-refractivity contribution in [2.75, 3.05) is 6.54 Å². The molecule has 0 aliphatic heterocycles. The summed E-state index contributed by atoms with van der Waals surface area (Å²) < 4.78 is 0. The minimum atomic E-state index is 0.582. The summed E-state index contributed by atoms with van der Waals surface area (Å²) in [4.78, 5) is 0. The molecule has 20 heavy (non-hydrogen) atoms. The van der Waals surface area contributed by atoms with Gasteiger partial charge in [-0.25, -0.2) is 0 Å². The van der Waals surface area contributed by atoms with Crippen molar-refractivity contribution in [2.24, 2.45) is 35.3 Å². The Hall–Kier alpha value is -0.820. The second-order valence-electron chi connectivity index (χ2n) is 7.67. The van der Waals surface area contributed by atoms with E-state index in [1.54, 1.807) is 6.42 Å². The molecule has 0 saturated heterocycles. The molecule has 0 radical (unpaired) electrons. The van der Waals surface area contributed by atoms with Gasteiger partial charge in [0.15, 0.2) is 0 Å². The van der Waals surface area contributed by atoms with Gasteiger partial charge >= 0.3 is 0 Å². The van der Waals surface area contributed by atoms with Gasteiger partial charge in [0.05, 0.1) is 0 Å². The molecule has 1 aromatic rings. The van der Waals surface area contributed by atoms with Crippen molar-refractivity contribution >= 4 is 0 Å². The van der Waals surface area contributed by atoms with Crippen molar-refractivity contribution < 1.29 is 0 Å². The number of hydrogen-bond acceptors (Lipinski definition) is 1. The highest BCUT2D eigenvalue weighted by molar-refractivity contribution is 5.20. The Kier molecular flexibility index (Phi) is 3.34. The van der Waals surface area contributed by atoms with E-state index in [-0.39, 0.29) is 0 Å². The van der Waals surface area contributed by atoms with Gasteiger partial charge in [0.1, 0.15) is 0 Å². The van der Waals surface area contributed by atoms with Crippen LogP contribution < -0.4 is 5.73 Å². The Balaban J connectivity index is 1.50. The predicted octanol–water partition coefficient (Wildman–Crippen LogP) is 4.19. The molecule has 4 aliphatic carbocycles. The van der Waals surface area contributed by atoms with Crippen LogP contribution in [-0.4, -0.2) is 6.54 Å². The average Bonchev–Trinajstić information content (AvgIpc) is 2.47. The topological polar surface area (TPSA) is 26.0 Å². The maximum atomic E-state index is 6.11. The fourth-order valence-corrected chi connectivity index (χ4v) is 5.84. The Morgan fingerprint density at radius 2 is 1.50 bits per heavy atom. The number of hydrogen-bond donors (Lipinski definition) is 1. The van der Waals surface area contributed by atoms with Crippen LogP contribution in [0.15, 0.2) is 30.3 Å². The zero-order valence-corrected chi connectivity index (χ0v) is 12.4. The lowest BCUT2D eigenvalue weighted by atomic mass is 9.50. The minimum absolute atomic E-state index is 0.582. The van der Waals surface area contributed by atoms with E-state index in [2.05, 4.69) is 30.3 Å². The number of rotatable bonds is 4. The standard InChI is InChI=1S/C19H27N/c20-12-18(15-4-2-1-3-5-15)11-19-16-7-13-6-14(9-16)10-17(19)8-13/h1-5,13-14,16-19H,6-12,20H2. The van der Waals surface area contributed by atoms with Crippen LogP contribution in [0.3, 0.4) is 0 Å². The largest absolute Gasteiger partial charge is 0.330 e. The molecule has 2 N–H and O–H groups in total. The first-order valence-corrected chi connectivity index (χ1v) is 8.58. The van der Waals surface area contributed by atoms with Crippen LogP contribution >= 0.6 is 0 Å². The summed E-state index contributed by atoms with van der Waals surface area (Å²) in [6, 6.07) is 11.0. The van der Waals surface area contributed by atoms with Gasteiger partial charge in [-0.1, -0.05) is 30.3 Å². The molecule has 0 heterocycles. The smallest absolute Gasteiger partial charge is 0.000813 e. The van der Waals surface area contributed by atoms with E-state index in [4.69, 9.17) is 5.73 Å². The average molecular weight is 269 g/mol. The van der Waals surface area contributed by atoms with E-state index in [0.717, 1.165) is 36.1 Å². The van der Waals surface area contributed by atoms with Crippen LogP contribution in [0, 0.1) is 29.6 Å². The third-order valence-electron chi connectivity index (χ3n) is 6.53. The van der Waals surface area contributed by atoms with Gasteiger partial charge in [-0.2, -0.15) is 0 Å². The van der Waals surface area contributed by atoms with Crippen LogP contribution in [0.25, 0.3) is 0 Å². The van der Waals surface area contributed by atoms with Crippen LogP contribution in [0.2, 0.25) is 0 Å². The molecule has 4 aliphatic rings. The van der Waals surface area contributed by atoms with E-state index >= 15 is 0 Å². The Bertz CT molecular complexity index is 424. The molecule has 1 aromatic carbocycles. The Morgan fingerprint density at radius 3 is 2.05 bits per heavy atom. The molecule has 1 nitrogen and oxygen atoms in total. The van der Waals surface area contributed by atoms with Crippen molar-refractivity contribution in [3.8, 4) is 0 Å². The molecule has 5 rings (SSSR count). The van der Waals surface area contributed by atoms with Crippen molar-refractivity contribution in [1.82, 2.24) is 0 Å². The molecule has 4 bridgehead atoms. The summed E-state index contributed by atoms with van der Waals surface area (Å²) in [6.07, 6.45) is 9.02. The lowest BCUT2D eigenvalue weighted by Gasteiger charge is -2.55. The Labute approximate surface area is 122 Å². The maximum absolute atomic E-state index is 6.11. The molecular formula is C19H27N. The Morgan fingerprint density at radius 1 is 0.900 bits per heavy atom. The fourth-order valence-electron chi connectivity index (χ4n) is 5.84. The van der Waals surface area contributed by atoms with E-state index in [0.29, 0.717) is 5.92 Å². The molecule has 1 unspecified atom stereocenters. The zero-order chi connectivity index (χ0) is 13.5. The highest BCUT2D eigenvalue weighted by Crippen LogP contribution is 2.58. The predicted molar refractivity (Wildman–Crippen MR) is 83.4 cm³/mol. The molecule has 1 atom stereocenters. The van der Waals surface area contributed by atoms with Crippen LogP contribution in [0.5, 0.6) is 0 Å². The SMILES string of the molecule is NCC(CC1C2CC3CC(C2)CC1C3)c1ccccc1. The second kappa shape index (κ2) is 5.18. The lowest BCUT2D eigenvalue weighted by Crippen LogP contribution is -2.45. The van der Waals surface area contributed by atoms with Gasteiger partial charge in [0, 0.05) is 0 Å². The minimum Gasteiger partial charge on any atom is -0.330 e. The van der Waals surface area contributed by atoms with Gasteiger partial charge < -0.3 is 5.73 Å². The zero-order valence-electron chi connectivity index (χ0n) is 12.4. The quantitative estimate of drug-likeness (QED) is 0.871. The summed E-state index contributed by atoms with van der Waals surface area (Å²) in [5.41, 5.74) is 7.57. The van der Waals surface area contributed by atoms with Crippen molar-refractivity contribution in [2.45, 2.75) is 44.4 Å². The fraction of sp³-hybridized carbons (Fsp3) is 0.684. The van der Waals surface area contributed by atoms with Gasteiger partial charge in [-0.3, -0.25) is 0 Å². The molecule has 0 amide bonds. The summed E-state index contributed by atoms with van der Waals surface area (Å²) in [6.45, 7) is 0.812. The van der Waals surface area contributed by atoms with Gasteiger partial charge in [0.25, 0.3) is 0 Å². The van der Waals surface area contributed by atoms with Crippen molar-refractivity contribution in [1.29, 1.82) is 0 Å². The molecule has 4 saturated carbocycles. The number of benzene rings is 1. The third-order valence-corrected chi connectivity index (χ3v) is 6.53. The third kappa shape index (κ3) is 2.20. The van der Waals surface area contributed by atoms with E-state index in [9.17, 15) is 0 Å². The molecule has 108 valence electrons. The molecule has 4 fully saturated rings. The summed E-state index contributed by atoms with van der Waals surface area (Å²) in [5, 5.41) is 0.